The quantitative estimate of drug-likeness (QED) is 0.904. The number of alkyl halides is 3. The maximum absolute atomic E-state index is 12.9. The standard InChI is InChI=1S/C16H18F3N3O2/c1-10(2)24-9-11-5-4-6-12(7-11)20-15(23)13-8-22(3)21-14(13)16(17,18)19/h4-8,10H,9H2,1-3H3,(H,20,23). The summed E-state index contributed by atoms with van der Waals surface area (Å²) in [7, 11) is 1.33. The number of ether oxygens (including phenoxy) is 1. The zero-order valence-corrected chi connectivity index (χ0v) is 13.5. The van der Waals surface area contributed by atoms with Crippen molar-refractivity contribution >= 4 is 11.6 Å². The number of nitrogens with zero attached hydrogens (tertiary/aromatic N) is 2. The largest absolute Gasteiger partial charge is 0.435 e. The maximum Gasteiger partial charge on any atom is 0.435 e. The van der Waals surface area contributed by atoms with E-state index in [1.807, 2.05) is 19.9 Å². The Morgan fingerprint density at radius 3 is 2.71 bits per heavy atom. The van der Waals surface area contributed by atoms with Crippen LogP contribution in [0.1, 0.15) is 35.5 Å². The van der Waals surface area contributed by atoms with Crippen molar-refractivity contribution in [1.82, 2.24) is 9.78 Å². The van der Waals surface area contributed by atoms with Gasteiger partial charge in [-0.25, -0.2) is 0 Å². The summed E-state index contributed by atoms with van der Waals surface area (Å²) >= 11 is 0. The summed E-state index contributed by atoms with van der Waals surface area (Å²) in [5.74, 6) is -0.864. The Morgan fingerprint density at radius 2 is 2.08 bits per heavy atom. The van der Waals surface area contributed by atoms with E-state index >= 15 is 0 Å². The van der Waals surface area contributed by atoms with Crippen molar-refractivity contribution in [2.75, 3.05) is 5.32 Å². The number of rotatable bonds is 5. The van der Waals surface area contributed by atoms with E-state index in [1.54, 1.807) is 18.2 Å². The number of nitrogens with one attached hydrogen (secondary N) is 1. The number of hydrogen-bond donors (Lipinski definition) is 1. The Labute approximate surface area is 137 Å². The Bertz CT molecular complexity index is 724. The lowest BCUT2D eigenvalue weighted by Crippen LogP contribution is -2.18. The normalized spacial score (nSPS) is 11.8. The van der Waals surface area contributed by atoms with Gasteiger partial charge in [-0.3, -0.25) is 9.48 Å². The summed E-state index contributed by atoms with van der Waals surface area (Å²) < 4.78 is 45.2. The molecule has 0 radical (unpaired) electrons. The molecular weight excluding hydrogens is 323 g/mol. The van der Waals surface area contributed by atoms with E-state index in [0.29, 0.717) is 12.3 Å². The number of benzene rings is 1. The van der Waals surface area contributed by atoms with Crippen LogP contribution in [-0.2, 0) is 24.6 Å². The van der Waals surface area contributed by atoms with Crippen molar-refractivity contribution in [2.24, 2.45) is 7.05 Å². The monoisotopic (exact) mass is 341 g/mol. The third-order valence-corrected chi connectivity index (χ3v) is 3.11. The molecule has 0 bridgehead atoms. The van der Waals surface area contributed by atoms with Crippen LogP contribution in [0, 0.1) is 0 Å². The number of aryl methyl sites for hydroxylation is 1. The van der Waals surface area contributed by atoms with Crippen LogP contribution >= 0.6 is 0 Å². The third kappa shape index (κ3) is 4.58. The summed E-state index contributed by atoms with van der Waals surface area (Å²) in [4.78, 5) is 12.2. The highest BCUT2D eigenvalue weighted by atomic mass is 19.4. The minimum atomic E-state index is -4.69. The number of amides is 1. The second-order valence-electron chi connectivity index (χ2n) is 5.58. The highest BCUT2D eigenvalue weighted by Crippen LogP contribution is 2.31. The molecule has 0 aliphatic carbocycles. The van der Waals surface area contributed by atoms with Gasteiger partial charge in [-0.1, -0.05) is 12.1 Å². The van der Waals surface area contributed by atoms with Crippen LogP contribution in [0.5, 0.6) is 0 Å². The Hall–Kier alpha value is -2.35. The molecule has 0 saturated carbocycles. The molecule has 1 N–H and O–H groups in total. The first kappa shape index (κ1) is 18.0. The minimum absolute atomic E-state index is 0.0491. The lowest BCUT2D eigenvalue weighted by atomic mass is 10.2. The summed E-state index contributed by atoms with van der Waals surface area (Å²) in [5, 5.41) is 5.79. The van der Waals surface area contributed by atoms with Gasteiger partial charge in [-0.15, -0.1) is 0 Å². The van der Waals surface area contributed by atoms with Gasteiger partial charge in [0, 0.05) is 18.9 Å². The Balaban J connectivity index is 2.17. The molecule has 0 fully saturated rings. The van der Waals surface area contributed by atoms with Crippen molar-refractivity contribution in [3.05, 3.63) is 47.3 Å². The molecule has 1 aromatic carbocycles. The second kappa shape index (κ2) is 7.04. The minimum Gasteiger partial charge on any atom is -0.374 e. The maximum atomic E-state index is 12.9. The number of anilines is 1. The van der Waals surface area contributed by atoms with Crippen molar-refractivity contribution in [3.8, 4) is 0 Å². The molecule has 0 atom stereocenters. The zero-order valence-electron chi connectivity index (χ0n) is 13.5. The molecule has 1 heterocycles. The lowest BCUT2D eigenvalue weighted by Gasteiger charge is -2.10. The Morgan fingerprint density at radius 1 is 1.38 bits per heavy atom. The predicted octanol–water partition coefficient (Wildman–Crippen LogP) is 3.62. The molecule has 2 aromatic rings. The summed E-state index contributed by atoms with van der Waals surface area (Å²) in [6.07, 6.45) is -3.60. The molecule has 0 spiro atoms. The van der Waals surface area contributed by atoms with Crippen LogP contribution in [0.4, 0.5) is 18.9 Å². The van der Waals surface area contributed by atoms with Gasteiger partial charge < -0.3 is 10.1 Å². The van der Waals surface area contributed by atoms with Crippen LogP contribution in [-0.4, -0.2) is 21.8 Å². The van der Waals surface area contributed by atoms with Crippen LogP contribution in [0.25, 0.3) is 0 Å². The van der Waals surface area contributed by atoms with Gasteiger partial charge in [-0.2, -0.15) is 18.3 Å². The van der Waals surface area contributed by atoms with Gasteiger partial charge in [0.25, 0.3) is 5.91 Å². The SMILES string of the molecule is CC(C)OCc1cccc(NC(=O)c2cn(C)nc2C(F)(F)F)c1. The van der Waals surface area contributed by atoms with E-state index < -0.39 is 23.3 Å². The van der Waals surface area contributed by atoms with E-state index in [9.17, 15) is 18.0 Å². The molecule has 1 aromatic heterocycles. The van der Waals surface area contributed by atoms with Crippen LogP contribution in [0.15, 0.2) is 30.5 Å². The summed E-state index contributed by atoms with van der Waals surface area (Å²) in [6.45, 7) is 4.14. The average Bonchev–Trinajstić information content (AvgIpc) is 2.88. The molecule has 8 heteroatoms. The highest BCUT2D eigenvalue weighted by Gasteiger charge is 2.38. The fourth-order valence-corrected chi connectivity index (χ4v) is 2.06. The molecular formula is C16H18F3N3O2. The third-order valence-electron chi connectivity index (χ3n) is 3.11. The van der Waals surface area contributed by atoms with Crippen molar-refractivity contribution < 1.29 is 22.7 Å². The first-order valence-electron chi connectivity index (χ1n) is 7.29. The fraction of sp³-hybridized carbons (Fsp3) is 0.375. The number of halogens is 3. The van der Waals surface area contributed by atoms with Gasteiger partial charge in [0.15, 0.2) is 5.69 Å². The van der Waals surface area contributed by atoms with E-state index in [1.165, 1.54) is 7.05 Å². The summed E-state index contributed by atoms with van der Waals surface area (Å²) in [5.41, 5.74) is -0.527. The number of carbonyl (C=O) groups excluding carboxylic acids is 1. The van der Waals surface area contributed by atoms with Gasteiger partial charge in [0.2, 0.25) is 0 Å². The van der Waals surface area contributed by atoms with Crippen molar-refractivity contribution in [1.29, 1.82) is 0 Å². The predicted molar refractivity (Wildman–Crippen MR) is 82.5 cm³/mol. The van der Waals surface area contributed by atoms with E-state index in [0.717, 1.165) is 16.4 Å². The van der Waals surface area contributed by atoms with Crippen molar-refractivity contribution in [3.63, 3.8) is 0 Å². The smallest absolute Gasteiger partial charge is 0.374 e. The molecule has 0 aliphatic heterocycles. The lowest BCUT2D eigenvalue weighted by molar-refractivity contribution is -0.141. The molecule has 130 valence electrons. The fourth-order valence-electron chi connectivity index (χ4n) is 2.06. The molecule has 24 heavy (non-hydrogen) atoms. The van der Waals surface area contributed by atoms with Gasteiger partial charge in [-0.05, 0) is 31.5 Å². The first-order valence-corrected chi connectivity index (χ1v) is 7.29. The molecule has 0 unspecified atom stereocenters. The van der Waals surface area contributed by atoms with E-state index in [-0.39, 0.29) is 6.10 Å². The number of hydrogen-bond acceptors (Lipinski definition) is 3. The van der Waals surface area contributed by atoms with Crippen molar-refractivity contribution in [2.45, 2.75) is 32.7 Å². The molecule has 0 saturated heterocycles. The first-order chi connectivity index (χ1) is 11.2. The van der Waals surface area contributed by atoms with Gasteiger partial charge in [0.05, 0.1) is 18.3 Å². The van der Waals surface area contributed by atoms with Gasteiger partial charge in [0.1, 0.15) is 0 Å². The highest BCUT2D eigenvalue weighted by molar-refractivity contribution is 6.05. The van der Waals surface area contributed by atoms with E-state index in [4.69, 9.17) is 4.74 Å². The van der Waals surface area contributed by atoms with Crippen LogP contribution in [0.3, 0.4) is 0 Å². The summed E-state index contributed by atoms with van der Waals surface area (Å²) in [6, 6.07) is 6.76. The molecule has 2 rings (SSSR count). The molecule has 5 nitrogen and oxygen atoms in total. The number of carbonyl (C=O) groups is 1. The molecule has 1 amide bonds. The van der Waals surface area contributed by atoms with Gasteiger partial charge >= 0.3 is 6.18 Å². The Kier molecular flexibility index (Phi) is 5.28. The zero-order chi connectivity index (χ0) is 17.9. The molecule has 0 aliphatic rings. The topological polar surface area (TPSA) is 56.1 Å². The van der Waals surface area contributed by atoms with E-state index in [2.05, 4.69) is 10.4 Å². The van der Waals surface area contributed by atoms with Crippen LogP contribution in [0.2, 0.25) is 0 Å². The van der Waals surface area contributed by atoms with Crippen LogP contribution < -0.4 is 5.32 Å². The second-order valence-corrected chi connectivity index (χ2v) is 5.58. The average molecular weight is 341 g/mol. The number of aromatic nitrogens is 2.